The van der Waals surface area contributed by atoms with Crippen LogP contribution in [-0.4, -0.2) is 0 Å². The highest BCUT2D eigenvalue weighted by Gasteiger charge is 2.42. The summed E-state index contributed by atoms with van der Waals surface area (Å²) in [5.74, 6) is 0. The minimum atomic E-state index is -0.110. The first-order chi connectivity index (χ1) is 17.6. The van der Waals surface area contributed by atoms with Gasteiger partial charge in [0.2, 0.25) is 0 Å². The Morgan fingerprint density at radius 1 is 0.528 bits per heavy atom. The number of hydrogen-bond donors (Lipinski definition) is 0. The Morgan fingerprint density at radius 2 is 1.17 bits per heavy atom. The van der Waals surface area contributed by atoms with Gasteiger partial charge < -0.3 is 14.2 Å². The molecule has 5 aromatic carbocycles. The zero-order valence-corrected chi connectivity index (χ0v) is 20.2. The van der Waals surface area contributed by atoms with Crippen molar-refractivity contribution in [3.8, 4) is 0 Å². The van der Waals surface area contributed by atoms with E-state index in [2.05, 4.69) is 121 Å². The van der Waals surface area contributed by atoms with Crippen molar-refractivity contribution in [2.24, 2.45) is 0 Å². The summed E-state index contributed by atoms with van der Waals surface area (Å²) in [7, 11) is 0. The van der Waals surface area contributed by atoms with Crippen LogP contribution in [0.4, 0.5) is 34.1 Å². The molecule has 2 aliphatic heterocycles. The maximum absolute atomic E-state index is 6.14. The van der Waals surface area contributed by atoms with Gasteiger partial charge in [0.05, 0.1) is 28.4 Å². The summed E-state index contributed by atoms with van der Waals surface area (Å²) < 4.78 is 6.14. The van der Waals surface area contributed by atoms with Crippen LogP contribution in [0.25, 0.3) is 21.9 Å². The van der Waals surface area contributed by atoms with Crippen molar-refractivity contribution in [1.82, 2.24) is 0 Å². The molecule has 3 nitrogen and oxygen atoms in total. The number of anilines is 6. The van der Waals surface area contributed by atoms with E-state index in [1.54, 1.807) is 0 Å². The van der Waals surface area contributed by atoms with Gasteiger partial charge >= 0.3 is 0 Å². The normalized spacial score (nSPS) is 15.1. The Bertz CT molecular complexity index is 1840. The van der Waals surface area contributed by atoms with Crippen molar-refractivity contribution in [2.45, 2.75) is 19.3 Å². The topological polar surface area (TPSA) is 19.6 Å². The monoisotopic (exact) mass is 464 g/mol. The SMILES string of the molecule is CC1(C)c2ccccc2N2c3ccccc3N(c3ccc4oc5ccccc5c4c3)c3cccc1c32. The summed E-state index contributed by atoms with van der Waals surface area (Å²) >= 11 is 0. The first-order valence-electron chi connectivity index (χ1n) is 12.5. The van der Waals surface area contributed by atoms with Crippen molar-refractivity contribution in [2.75, 3.05) is 9.80 Å². The molecule has 0 N–H and O–H groups in total. The summed E-state index contributed by atoms with van der Waals surface area (Å²) in [5, 5.41) is 2.28. The molecule has 36 heavy (non-hydrogen) atoms. The van der Waals surface area contributed by atoms with Gasteiger partial charge in [-0.25, -0.2) is 0 Å². The van der Waals surface area contributed by atoms with Crippen LogP contribution in [0, 0.1) is 0 Å². The van der Waals surface area contributed by atoms with Crippen LogP contribution < -0.4 is 9.80 Å². The largest absolute Gasteiger partial charge is 0.456 e. The van der Waals surface area contributed by atoms with Crippen molar-refractivity contribution in [1.29, 1.82) is 0 Å². The number of fused-ring (bicyclic) bond motifs is 7. The first-order valence-corrected chi connectivity index (χ1v) is 12.5. The molecule has 0 spiro atoms. The van der Waals surface area contributed by atoms with E-state index in [1.165, 1.54) is 39.6 Å². The molecule has 6 aromatic rings. The molecule has 2 aliphatic rings. The van der Waals surface area contributed by atoms with Crippen molar-refractivity contribution < 1.29 is 4.42 Å². The third-order valence-corrected chi connectivity index (χ3v) is 7.95. The van der Waals surface area contributed by atoms with Crippen LogP contribution in [0.1, 0.15) is 25.0 Å². The molecule has 172 valence electrons. The average Bonchev–Trinajstić information content (AvgIpc) is 3.29. The maximum Gasteiger partial charge on any atom is 0.135 e. The van der Waals surface area contributed by atoms with Crippen LogP contribution in [0.3, 0.4) is 0 Å². The summed E-state index contributed by atoms with van der Waals surface area (Å²) in [5.41, 5.74) is 11.6. The molecule has 0 unspecified atom stereocenters. The van der Waals surface area contributed by atoms with Crippen LogP contribution in [0.15, 0.2) is 114 Å². The van der Waals surface area contributed by atoms with E-state index < -0.39 is 0 Å². The fraction of sp³-hybridized carbons (Fsp3) is 0.0909. The molecule has 0 saturated heterocycles. The molecule has 0 saturated carbocycles. The Labute approximate surface area is 209 Å². The van der Waals surface area contributed by atoms with Crippen LogP contribution in [0.5, 0.6) is 0 Å². The summed E-state index contributed by atoms with van der Waals surface area (Å²) in [4.78, 5) is 4.87. The quantitative estimate of drug-likeness (QED) is 0.241. The second-order valence-electron chi connectivity index (χ2n) is 10.3. The molecule has 0 aliphatic carbocycles. The highest BCUT2D eigenvalue weighted by molar-refractivity contribution is 6.09. The number of hydrogen-bond acceptors (Lipinski definition) is 3. The average molecular weight is 465 g/mol. The number of nitrogens with zero attached hydrogens (tertiary/aromatic N) is 2. The van der Waals surface area contributed by atoms with E-state index in [0.29, 0.717) is 0 Å². The molecule has 0 atom stereocenters. The molecule has 0 bridgehead atoms. The molecule has 3 heteroatoms. The van der Waals surface area contributed by atoms with E-state index in [9.17, 15) is 0 Å². The zero-order chi connectivity index (χ0) is 24.0. The predicted octanol–water partition coefficient (Wildman–Crippen LogP) is 9.48. The van der Waals surface area contributed by atoms with E-state index in [1.807, 2.05) is 12.1 Å². The minimum absolute atomic E-state index is 0.110. The van der Waals surface area contributed by atoms with Gasteiger partial charge in [-0.1, -0.05) is 74.5 Å². The smallest absolute Gasteiger partial charge is 0.135 e. The van der Waals surface area contributed by atoms with Gasteiger partial charge in [-0.3, -0.25) is 0 Å². The lowest BCUT2D eigenvalue weighted by Crippen LogP contribution is -2.34. The minimum Gasteiger partial charge on any atom is -0.456 e. The van der Waals surface area contributed by atoms with Gasteiger partial charge in [0, 0.05) is 21.9 Å². The van der Waals surface area contributed by atoms with Gasteiger partial charge in [0.1, 0.15) is 11.2 Å². The summed E-state index contributed by atoms with van der Waals surface area (Å²) in [6.45, 7) is 4.68. The lowest BCUT2D eigenvalue weighted by atomic mass is 9.72. The molecule has 1 aromatic heterocycles. The Kier molecular flexibility index (Phi) is 3.73. The van der Waals surface area contributed by atoms with E-state index in [0.717, 1.165) is 27.6 Å². The van der Waals surface area contributed by atoms with E-state index in [-0.39, 0.29) is 5.41 Å². The number of para-hydroxylation sites is 5. The van der Waals surface area contributed by atoms with Gasteiger partial charge in [0.25, 0.3) is 0 Å². The second kappa shape index (κ2) is 6.79. The molecular formula is C33H24N2O. The first kappa shape index (κ1) is 19.8. The van der Waals surface area contributed by atoms with Crippen molar-refractivity contribution in [3.63, 3.8) is 0 Å². The van der Waals surface area contributed by atoms with Crippen LogP contribution >= 0.6 is 0 Å². The van der Waals surface area contributed by atoms with Gasteiger partial charge in [-0.15, -0.1) is 0 Å². The van der Waals surface area contributed by atoms with Crippen LogP contribution in [0.2, 0.25) is 0 Å². The standard InChI is InChI=1S/C33H24N2O/c1-33(2)24-11-4-5-13-26(24)35-28-15-7-6-14-27(28)34(29-16-9-12-25(33)32(29)35)21-18-19-31-23(20-21)22-10-3-8-17-30(22)36-31/h3-20H,1-2H3. The number of furan rings is 1. The molecular weight excluding hydrogens is 440 g/mol. The Hall–Kier alpha value is -4.50. The highest BCUT2D eigenvalue weighted by Crippen LogP contribution is 2.61. The van der Waals surface area contributed by atoms with Gasteiger partial charge in [-0.05, 0) is 59.7 Å². The number of rotatable bonds is 1. The summed E-state index contributed by atoms with van der Waals surface area (Å²) in [6.07, 6.45) is 0. The fourth-order valence-corrected chi connectivity index (χ4v) is 6.27. The van der Waals surface area contributed by atoms with E-state index >= 15 is 0 Å². The lowest BCUT2D eigenvalue weighted by molar-refractivity contribution is 0.631. The third kappa shape index (κ3) is 2.42. The third-order valence-electron chi connectivity index (χ3n) is 7.95. The van der Waals surface area contributed by atoms with Gasteiger partial charge in [-0.2, -0.15) is 0 Å². The Balaban J connectivity index is 1.45. The molecule has 8 rings (SSSR count). The maximum atomic E-state index is 6.14. The summed E-state index contributed by atoms with van der Waals surface area (Å²) in [6, 6.07) is 39.2. The molecule has 0 radical (unpaired) electrons. The predicted molar refractivity (Wildman–Crippen MR) is 149 cm³/mol. The van der Waals surface area contributed by atoms with Crippen molar-refractivity contribution >= 4 is 56.1 Å². The highest BCUT2D eigenvalue weighted by atomic mass is 16.3. The van der Waals surface area contributed by atoms with Crippen molar-refractivity contribution in [3.05, 3.63) is 120 Å². The van der Waals surface area contributed by atoms with Gasteiger partial charge in [0.15, 0.2) is 0 Å². The fourth-order valence-electron chi connectivity index (χ4n) is 6.27. The second-order valence-corrected chi connectivity index (χ2v) is 10.3. The zero-order valence-electron chi connectivity index (χ0n) is 20.2. The number of benzene rings is 5. The molecule has 3 heterocycles. The Morgan fingerprint density at radius 3 is 2.03 bits per heavy atom. The molecule has 0 fully saturated rings. The lowest BCUT2D eigenvalue weighted by Gasteiger charge is -2.48. The molecule has 0 amide bonds. The van der Waals surface area contributed by atoms with Crippen LogP contribution in [-0.2, 0) is 5.41 Å². The van der Waals surface area contributed by atoms with E-state index in [4.69, 9.17) is 4.42 Å².